The highest BCUT2D eigenvalue weighted by molar-refractivity contribution is 6.31. The van der Waals surface area contributed by atoms with Crippen molar-refractivity contribution in [1.29, 1.82) is 0 Å². The van der Waals surface area contributed by atoms with Crippen molar-refractivity contribution >= 4 is 29.1 Å². The number of hydrogen-bond donors (Lipinski definition) is 2. The van der Waals surface area contributed by atoms with Gasteiger partial charge >= 0.3 is 0 Å². The lowest BCUT2D eigenvalue weighted by Crippen LogP contribution is -2.40. The number of carbonyl (C=O) groups is 2. The first-order valence-electron chi connectivity index (χ1n) is 9.22. The second-order valence-electron chi connectivity index (χ2n) is 7.72. The van der Waals surface area contributed by atoms with Gasteiger partial charge in [0, 0.05) is 16.8 Å². The third-order valence-corrected chi connectivity index (χ3v) is 4.46. The molecule has 0 radical (unpaired) electrons. The number of carbonyl (C=O) groups excluding carboxylic acids is 2. The Hall–Kier alpha value is -3.12. The van der Waals surface area contributed by atoms with Crippen molar-refractivity contribution in [1.82, 2.24) is 15.1 Å². The minimum Gasteiger partial charge on any atom is -0.347 e. The Morgan fingerprint density at radius 1 is 1.03 bits per heavy atom. The molecule has 0 bridgehead atoms. The normalized spacial score (nSPS) is 11.2. The third kappa shape index (κ3) is 5.45. The van der Waals surface area contributed by atoms with Crippen molar-refractivity contribution in [2.75, 3.05) is 5.32 Å². The maximum atomic E-state index is 12.7. The van der Waals surface area contributed by atoms with Crippen molar-refractivity contribution in [2.24, 2.45) is 0 Å². The summed E-state index contributed by atoms with van der Waals surface area (Å²) in [6.45, 7) is 6.16. The number of nitrogens with zero attached hydrogens (tertiary/aromatic N) is 2. The number of amides is 2. The Morgan fingerprint density at radius 3 is 2.45 bits per heavy atom. The van der Waals surface area contributed by atoms with Gasteiger partial charge in [-0.05, 0) is 44.5 Å². The topological polar surface area (TPSA) is 76.0 Å². The van der Waals surface area contributed by atoms with Gasteiger partial charge in [0.2, 0.25) is 0 Å². The fourth-order valence-corrected chi connectivity index (χ4v) is 2.96. The summed E-state index contributed by atoms with van der Waals surface area (Å²) in [7, 11) is 0. The lowest BCUT2D eigenvalue weighted by Gasteiger charge is -2.21. The predicted molar refractivity (Wildman–Crippen MR) is 114 cm³/mol. The van der Waals surface area contributed by atoms with E-state index in [9.17, 15) is 9.59 Å². The molecule has 1 aromatic heterocycles. The van der Waals surface area contributed by atoms with E-state index in [0.29, 0.717) is 28.4 Å². The maximum Gasteiger partial charge on any atom is 0.258 e. The summed E-state index contributed by atoms with van der Waals surface area (Å²) in [6, 6.07) is 14.4. The molecule has 0 aliphatic rings. The van der Waals surface area contributed by atoms with E-state index in [2.05, 4.69) is 15.7 Å². The maximum absolute atomic E-state index is 12.7. The molecule has 0 atom stereocenters. The molecule has 150 valence electrons. The molecule has 2 aromatic carbocycles. The largest absolute Gasteiger partial charge is 0.347 e. The Balaban J connectivity index is 1.74. The van der Waals surface area contributed by atoms with Gasteiger partial charge in [-0.15, -0.1) is 0 Å². The summed E-state index contributed by atoms with van der Waals surface area (Å²) in [6.07, 6.45) is 3.14. The molecule has 3 rings (SSSR count). The van der Waals surface area contributed by atoms with E-state index in [1.54, 1.807) is 35.1 Å². The molecule has 2 amide bonds. The molecule has 29 heavy (non-hydrogen) atoms. The zero-order valence-electron chi connectivity index (χ0n) is 16.6. The number of halogens is 1. The Morgan fingerprint density at radius 2 is 1.72 bits per heavy atom. The molecule has 0 spiro atoms. The zero-order chi connectivity index (χ0) is 21.0. The molecule has 1 heterocycles. The average Bonchev–Trinajstić information content (AvgIpc) is 3.11. The van der Waals surface area contributed by atoms with E-state index in [1.165, 1.54) is 6.20 Å². The van der Waals surface area contributed by atoms with E-state index in [0.717, 1.165) is 5.56 Å². The van der Waals surface area contributed by atoms with Crippen molar-refractivity contribution in [3.63, 3.8) is 0 Å². The lowest BCUT2D eigenvalue weighted by molar-refractivity contribution is 0.0920. The van der Waals surface area contributed by atoms with Crippen LogP contribution in [0.2, 0.25) is 5.02 Å². The van der Waals surface area contributed by atoms with E-state index in [1.807, 2.05) is 45.0 Å². The van der Waals surface area contributed by atoms with Crippen LogP contribution >= 0.6 is 11.6 Å². The van der Waals surface area contributed by atoms with Crippen LogP contribution in [-0.4, -0.2) is 27.1 Å². The molecule has 6 nitrogen and oxygen atoms in total. The summed E-state index contributed by atoms with van der Waals surface area (Å²) >= 11 is 6.19. The molecule has 7 heteroatoms. The Bertz CT molecular complexity index is 1040. The SMILES string of the molecule is CC(C)(C)NC(=O)c1ccccc1NC(=O)c1cnn(Cc2ccccc2Cl)c1. The number of anilines is 1. The molecular formula is C22H23ClN4O2. The van der Waals surface area contributed by atoms with Gasteiger partial charge in [0.05, 0.1) is 29.6 Å². The minimum absolute atomic E-state index is 0.247. The first kappa shape index (κ1) is 20.6. The van der Waals surface area contributed by atoms with Crippen LogP contribution in [0.1, 0.15) is 47.1 Å². The summed E-state index contributed by atoms with van der Waals surface area (Å²) in [5, 5.41) is 10.6. The van der Waals surface area contributed by atoms with Crippen LogP contribution in [0.3, 0.4) is 0 Å². The van der Waals surface area contributed by atoms with Crippen LogP contribution in [0.15, 0.2) is 60.9 Å². The third-order valence-electron chi connectivity index (χ3n) is 4.09. The van der Waals surface area contributed by atoms with Crippen LogP contribution in [0.5, 0.6) is 0 Å². The van der Waals surface area contributed by atoms with Crippen molar-refractivity contribution in [3.8, 4) is 0 Å². The molecule has 2 N–H and O–H groups in total. The van der Waals surface area contributed by atoms with Gasteiger partial charge in [0.15, 0.2) is 0 Å². The van der Waals surface area contributed by atoms with Crippen molar-refractivity contribution < 1.29 is 9.59 Å². The smallest absolute Gasteiger partial charge is 0.258 e. The first-order valence-corrected chi connectivity index (χ1v) is 9.59. The molecule has 0 aliphatic carbocycles. The average molecular weight is 411 g/mol. The van der Waals surface area contributed by atoms with Crippen molar-refractivity contribution in [2.45, 2.75) is 32.9 Å². The van der Waals surface area contributed by atoms with Crippen LogP contribution in [-0.2, 0) is 6.54 Å². The summed E-state index contributed by atoms with van der Waals surface area (Å²) in [5.41, 5.74) is 1.77. The van der Waals surface area contributed by atoms with Gasteiger partial charge in [-0.2, -0.15) is 5.10 Å². The number of hydrogen-bond acceptors (Lipinski definition) is 3. The van der Waals surface area contributed by atoms with Crippen LogP contribution in [0.25, 0.3) is 0 Å². The van der Waals surface area contributed by atoms with E-state index >= 15 is 0 Å². The predicted octanol–water partition coefficient (Wildman–Crippen LogP) is 4.37. The monoisotopic (exact) mass is 410 g/mol. The van der Waals surface area contributed by atoms with E-state index in [-0.39, 0.29) is 17.4 Å². The van der Waals surface area contributed by atoms with Gasteiger partial charge < -0.3 is 10.6 Å². The Kier molecular flexibility index (Phi) is 6.03. The Labute approximate surface area is 174 Å². The molecule has 0 fully saturated rings. The van der Waals surface area contributed by atoms with E-state index in [4.69, 9.17) is 11.6 Å². The van der Waals surface area contributed by atoms with Crippen molar-refractivity contribution in [3.05, 3.63) is 82.6 Å². The zero-order valence-corrected chi connectivity index (χ0v) is 17.3. The molecule has 0 unspecified atom stereocenters. The van der Waals surface area contributed by atoms with Gasteiger partial charge in [0.1, 0.15) is 0 Å². The highest BCUT2D eigenvalue weighted by Crippen LogP contribution is 2.19. The van der Waals surface area contributed by atoms with E-state index < -0.39 is 0 Å². The number of rotatable bonds is 5. The van der Waals surface area contributed by atoms with Gasteiger partial charge in [-0.3, -0.25) is 14.3 Å². The standard InChI is InChI=1S/C22H23ClN4O2/c1-22(2,3)26-21(29)17-9-5-7-11-19(17)25-20(28)16-12-24-27(14-16)13-15-8-4-6-10-18(15)23/h4-12,14H,13H2,1-3H3,(H,25,28)(H,26,29). The molecule has 0 saturated carbocycles. The van der Waals surface area contributed by atoms with Gasteiger partial charge in [-0.1, -0.05) is 41.9 Å². The number of aromatic nitrogens is 2. The molecule has 0 aliphatic heterocycles. The minimum atomic E-state index is -0.381. The molecule has 3 aromatic rings. The number of para-hydroxylation sites is 1. The lowest BCUT2D eigenvalue weighted by atomic mass is 10.1. The number of benzene rings is 2. The van der Waals surface area contributed by atoms with Gasteiger partial charge in [0.25, 0.3) is 11.8 Å². The summed E-state index contributed by atoms with van der Waals surface area (Å²) in [5.74, 6) is -0.589. The fourth-order valence-electron chi connectivity index (χ4n) is 2.76. The summed E-state index contributed by atoms with van der Waals surface area (Å²) < 4.78 is 1.65. The second kappa shape index (κ2) is 8.49. The van der Waals surface area contributed by atoms with Crippen LogP contribution < -0.4 is 10.6 Å². The van der Waals surface area contributed by atoms with Crippen LogP contribution in [0.4, 0.5) is 5.69 Å². The second-order valence-corrected chi connectivity index (χ2v) is 8.13. The van der Waals surface area contributed by atoms with Crippen LogP contribution in [0, 0.1) is 0 Å². The molecule has 0 saturated heterocycles. The fraction of sp³-hybridized carbons (Fsp3) is 0.227. The number of nitrogens with one attached hydrogen (secondary N) is 2. The first-order chi connectivity index (χ1) is 13.7. The van der Waals surface area contributed by atoms with Gasteiger partial charge in [-0.25, -0.2) is 0 Å². The molecular weight excluding hydrogens is 388 g/mol. The highest BCUT2D eigenvalue weighted by atomic mass is 35.5. The summed E-state index contributed by atoms with van der Waals surface area (Å²) in [4.78, 5) is 25.2. The highest BCUT2D eigenvalue weighted by Gasteiger charge is 2.19. The quantitative estimate of drug-likeness (QED) is 0.655.